The van der Waals surface area contributed by atoms with E-state index in [1.807, 2.05) is 48.5 Å². The highest BCUT2D eigenvalue weighted by Crippen LogP contribution is 2.21. The van der Waals surface area contributed by atoms with E-state index in [2.05, 4.69) is 25.6 Å². The number of hydrogen-bond donors (Lipinski definition) is 2. The average Bonchev–Trinajstić information content (AvgIpc) is 3.19. The number of nitrogens with two attached hydrogens (primary N) is 1. The fourth-order valence-corrected chi connectivity index (χ4v) is 2.96. The predicted octanol–water partition coefficient (Wildman–Crippen LogP) is 2.48. The lowest BCUT2D eigenvalue weighted by Gasteiger charge is -2.08. The zero-order valence-corrected chi connectivity index (χ0v) is 16.7. The van der Waals surface area contributed by atoms with Crippen LogP contribution in [0.25, 0.3) is 16.9 Å². The van der Waals surface area contributed by atoms with Crippen molar-refractivity contribution >= 4 is 22.8 Å². The smallest absolute Gasteiger partial charge is 0.229 e. The van der Waals surface area contributed by atoms with Gasteiger partial charge in [-0.05, 0) is 42.8 Å². The first-order chi connectivity index (χ1) is 14.8. The molecule has 154 valence electrons. The Morgan fingerprint density at radius 3 is 2.77 bits per heavy atom. The predicted molar refractivity (Wildman–Crippen MR) is 114 cm³/mol. The van der Waals surface area contributed by atoms with Gasteiger partial charge in [0.2, 0.25) is 5.95 Å². The quantitative estimate of drug-likeness (QED) is 0.408. The molecule has 0 aliphatic rings. The van der Waals surface area contributed by atoms with Gasteiger partial charge in [-0.15, -0.1) is 5.10 Å². The Morgan fingerprint density at radius 1 is 1.10 bits per heavy atom. The molecule has 0 spiro atoms. The normalized spacial score (nSPS) is 11.0. The SMILES string of the molecule is COCCOc1cccc(-n2nnc3cnc(Nc4ccc(CCN)cc4)nc32)c1. The molecule has 4 rings (SSSR count). The molecule has 0 amide bonds. The number of nitrogens with zero attached hydrogens (tertiary/aromatic N) is 5. The van der Waals surface area contributed by atoms with E-state index in [-0.39, 0.29) is 0 Å². The molecule has 4 aromatic rings. The molecule has 0 radical (unpaired) electrons. The highest BCUT2D eigenvalue weighted by molar-refractivity contribution is 5.73. The maximum Gasteiger partial charge on any atom is 0.229 e. The molecule has 9 nitrogen and oxygen atoms in total. The van der Waals surface area contributed by atoms with E-state index in [1.165, 1.54) is 5.56 Å². The van der Waals surface area contributed by atoms with Crippen LogP contribution in [-0.4, -0.2) is 51.8 Å². The van der Waals surface area contributed by atoms with Crippen molar-refractivity contribution in [1.29, 1.82) is 0 Å². The molecule has 2 aromatic heterocycles. The maximum absolute atomic E-state index is 5.69. The minimum atomic E-state index is 0.463. The molecule has 0 aliphatic carbocycles. The van der Waals surface area contributed by atoms with Crippen LogP contribution in [0.3, 0.4) is 0 Å². The summed E-state index contributed by atoms with van der Waals surface area (Å²) in [5, 5.41) is 11.6. The molecule has 30 heavy (non-hydrogen) atoms. The number of methoxy groups -OCH3 is 1. The van der Waals surface area contributed by atoms with Crippen molar-refractivity contribution in [2.24, 2.45) is 5.73 Å². The summed E-state index contributed by atoms with van der Waals surface area (Å²) < 4.78 is 12.4. The summed E-state index contributed by atoms with van der Waals surface area (Å²) in [5.74, 6) is 1.18. The van der Waals surface area contributed by atoms with E-state index in [0.29, 0.717) is 36.9 Å². The number of benzene rings is 2. The molecule has 0 bridgehead atoms. The maximum atomic E-state index is 5.69. The lowest BCUT2D eigenvalue weighted by atomic mass is 10.1. The van der Waals surface area contributed by atoms with Crippen molar-refractivity contribution in [3.63, 3.8) is 0 Å². The molecule has 0 aliphatic heterocycles. The van der Waals surface area contributed by atoms with Crippen LogP contribution in [0.1, 0.15) is 5.56 Å². The molecular formula is C21H23N7O2. The Morgan fingerprint density at radius 2 is 1.97 bits per heavy atom. The van der Waals surface area contributed by atoms with Gasteiger partial charge in [0.15, 0.2) is 11.2 Å². The number of nitrogens with one attached hydrogen (secondary N) is 1. The molecule has 3 N–H and O–H groups in total. The Labute approximate surface area is 173 Å². The van der Waals surface area contributed by atoms with Crippen molar-refractivity contribution in [1.82, 2.24) is 25.0 Å². The van der Waals surface area contributed by atoms with Gasteiger partial charge in [0, 0.05) is 18.9 Å². The van der Waals surface area contributed by atoms with E-state index < -0.39 is 0 Å². The molecule has 0 saturated heterocycles. The third-order valence-electron chi connectivity index (χ3n) is 4.45. The number of rotatable bonds is 9. The van der Waals surface area contributed by atoms with Gasteiger partial charge in [-0.3, -0.25) is 0 Å². The van der Waals surface area contributed by atoms with Crippen molar-refractivity contribution in [2.75, 3.05) is 32.2 Å². The van der Waals surface area contributed by atoms with Crippen molar-refractivity contribution < 1.29 is 9.47 Å². The summed E-state index contributed by atoms with van der Waals surface area (Å²) in [5.41, 5.74) is 9.68. The van der Waals surface area contributed by atoms with Crippen LogP contribution in [0.2, 0.25) is 0 Å². The zero-order chi connectivity index (χ0) is 20.8. The van der Waals surface area contributed by atoms with E-state index in [4.69, 9.17) is 15.2 Å². The largest absolute Gasteiger partial charge is 0.491 e. The lowest BCUT2D eigenvalue weighted by Crippen LogP contribution is -2.05. The zero-order valence-electron chi connectivity index (χ0n) is 16.7. The Hall–Kier alpha value is -3.56. The van der Waals surface area contributed by atoms with E-state index in [9.17, 15) is 0 Å². The second-order valence-electron chi connectivity index (χ2n) is 6.60. The second-order valence-corrected chi connectivity index (χ2v) is 6.60. The summed E-state index contributed by atoms with van der Waals surface area (Å²) in [7, 11) is 1.64. The summed E-state index contributed by atoms with van der Waals surface area (Å²) >= 11 is 0. The molecule has 0 fully saturated rings. The Balaban J connectivity index is 1.58. The van der Waals surface area contributed by atoms with Gasteiger partial charge in [-0.1, -0.05) is 23.4 Å². The van der Waals surface area contributed by atoms with E-state index in [0.717, 1.165) is 23.5 Å². The first kappa shape index (κ1) is 19.7. The highest BCUT2D eigenvalue weighted by Gasteiger charge is 2.11. The lowest BCUT2D eigenvalue weighted by molar-refractivity contribution is 0.146. The minimum Gasteiger partial charge on any atom is -0.491 e. The first-order valence-corrected chi connectivity index (χ1v) is 9.63. The molecule has 2 heterocycles. The molecule has 0 atom stereocenters. The number of hydrogen-bond acceptors (Lipinski definition) is 8. The number of fused-ring (bicyclic) bond motifs is 1. The fraction of sp³-hybridized carbons (Fsp3) is 0.238. The average molecular weight is 405 g/mol. The van der Waals surface area contributed by atoms with Crippen molar-refractivity contribution in [2.45, 2.75) is 6.42 Å². The monoisotopic (exact) mass is 405 g/mol. The van der Waals surface area contributed by atoms with Gasteiger partial charge in [-0.2, -0.15) is 9.67 Å². The van der Waals surface area contributed by atoms with Crippen LogP contribution < -0.4 is 15.8 Å². The third-order valence-corrected chi connectivity index (χ3v) is 4.45. The summed E-state index contributed by atoms with van der Waals surface area (Å²) in [6, 6.07) is 15.6. The highest BCUT2D eigenvalue weighted by atomic mass is 16.5. The van der Waals surface area contributed by atoms with Crippen LogP contribution in [-0.2, 0) is 11.2 Å². The standard InChI is InChI=1S/C21H23N7O2/c1-29-11-12-30-18-4-2-3-17(13-18)28-20-19(26-27-28)14-23-21(25-20)24-16-7-5-15(6-8-16)9-10-22/h2-8,13-14H,9-12,22H2,1H3,(H,23,24,25). The van der Waals surface area contributed by atoms with Gasteiger partial charge in [0.05, 0.1) is 18.5 Å². The molecule has 9 heteroatoms. The molecule has 2 aromatic carbocycles. The van der Waals surface area contributed by atoms with Crippen LogP contribution in [0.5, 0.6) is 5.75 Å². The summed E-state index contributed by atoms with van der Waals surface area (Å²) in [4.78, 5) is 8.94. The van der Waals surface area contributed by atoms with Gasteiger partial charge in [0.1, 0.15) is 12.4 Å². The Bertz CT molecular complexity index is 1110. The van der Waals surface area contributed by atoms with Gasteiger partial charge >= 0.3 is 0 Å². The summed E-state index contributed by atoms with van der Waals surface area (Å²) in [6.45, 7) is 1.62. The number of anilines is 2. The minimum absolute atomic E-state index is 0.463. The van der Waals surface area contributed by atoms with E-state index in [1.54, 1.807) is 18.0 Å². The van der Waals surface area contributed by atoms with Crippen molar-refractivity contribution in [3.8, 4) is 11.4 Å². The molecular weight excluding hydrogens is 382 g/mol. The summed E-state index contributed by atoms with van der Waals surface area (Å²) in [6.07, 6.45) is 2.50. The van der Waals surface area contributed by atoms with Crippen LogP contribution >= 0.6 is 0 Å². The van der Waals surface area contributed by atoms with Crippen LogP contribution in [0.15, 0.2) is 54.7 Å². The number of aromatic nitrogens is 5. The van der Waals surface area contributed by atoms with Gasteiger partial charge in [0.25, 0.3) is 0 Å². The first-order valence-electron chi connectivity index (χ1n) is 9.63. The fourth-order valence-electron chi connectivity index (χ4n) is 2.96. The van der Waals surface area contributed by atoms with Crippen LogP contribution in [0.4, 0.5) is 11.6 Å². The van der Waals surface area contributed by atoms with Crippen LogP contribution in [0, 0.1) is 0 Å². The van der Waals surface area contributed by atoms with Gasteiger partial charge in [-0.25, -0.2) is 4.98 Å². The second kappa shape index (κ2) is 9.29. The van der Waals surface area contributed by atoms with E-state index >= 15 is 0 Å². The molecule has 0 unspecified atom stereocenters. The topological polar surface area (TPSA) is 113 Å². The third kappa shape index (κ3) is 4.53. The Kier molecular flexibility index (Phi) is 6.11. The molecule has 0 saturated carbocycles. The number of ether oxygens (including phenoxy) is 2. The van der Waals surface area contributed by atoms with Crippen molar-refractivity contribution in [3.05, 3.63) is 60.3 Å². The van der Waals surface area contributed by atoms with Gasteiger partial charge < -0.3 is 20.5 Å².